The zero-order valence-corrected chi connectivity index (χ0v) is 7.38. The van der Waals surface area contributed by atoms with Gasteiger partial charge in [-0.3, -0.25) is 0 Å². The number of nitrogens with zero attached hydrogens (tertiary/aromatic N) is 1. The maximum Gasteiger partial charge on any atom is 0.166 e. The SMILES string of the molecule is OC1(c2ccnc(Cl)c2F)COC1. The van der Waals surface area contributed by atoms with Crippen LogP contribution in [0.15, 0.2) is 12.3 Å². The molecule has 0 bridgehead atoms. The maximum atomic E-state index is 13.3. The molecular formula is C8H7ClFNO2. The fourth-order valence-corrected chi connectivity index (χ4v) is 1.39. The number of halogens is 2. The third-order valence-electron chi connectivity index (χ3n) is 2.03. The minimum atomic E-state index is -1.23. The summed E-state index contributed by atoms with van der Waals surface area (Å²) in [6.45, 7) is 0.203. The number of hydrogen-bond acceptors (Lipinski definition) is 3. The minimum absolute atomic E-state index is 0.101. The first-order chi connectivity index (χ1) is 6.13. The van der Waals surface area contributed by atoms with Gasteiger partial charge in [-0.1, -0.05) is 11.6 Å². The summed E-state index contributed by atoms with van der Waals surface area (Å²) in [5.41, 5.74) is -1.07. The Morgan fingerprint density at radius 2 is 2.31 bits per heavy atom. The van der Waals surface area contributed by atoms with Crippen molar-refractivity contribution in [3.8, 4) is 0 Å². The van der Waals surface area contributed by atoms with Crippen LogP contribution >= 0.6 is 11.6 Å². The molecule has 0 radical (unpaired) electrons. The lowest BCUT2D eigenvalue weighted by Gasteiger charge is -2.36. The number of hydrogen-bond donors (Lipinski definition) is 1. The van der Waals surface area contributed by atoms with Gasteiger partial charge >= 0.3 is 0 Å². The first-order valence-electron chi connectivity index (χ1n) is 3.74. The van der Waals surface area contributed by atoms with E-state index in [1.807, 2.05) is 0 Å². The first kappa shape index (κ1) is 8.87. The Morgan fingerprint density at radius 1 is 1.62 bits per heavy atom. The van der Waals surface area contributed by atoms with Crippen LogP contribution in [0.1, 0.15) is 5.56 Å². The molecule has 2 rings (SSSR count). The highest BCUT2D eigenvalue weighted by atomic mass is 35.5. The number of rotatable bonds is 1. The molecule has 1 aromatic heterocycles. The van der Waals surface area contributed by atoms with E-state index in [0.29, 0.717) is 0 Å². The van der Waals surface area contributed by atoms with Crippen LogP contribution in [0, 0.1) is 5.82 Å². The molecule has 5 heteroatoms. The summed E-state index contributed by atoms with van der Waals surface area (Å²) in [4.78, 5) is 3.55. The fourth-order valence-electron chi connectivity index (χ4n) is 1.23. The van der Waals surface area contributed by atoms with Gasteiger partial charge in [-0.15, -0.1) is 0 Å². The summed E-state index contributed by atoms with van der Waals surface area (Å²) in [6, 6.07) is 1.41. The molecule has 0 amide bonds. The van der Waals surface area contributed by atoms with E-state index in [2.05, 4.69) is 4.98 Å². The van der Waals surface area contributed by atoms with Gasteiger partial charge in [0.1, 0.15) is 5.60 Å². The summed E-state index contributed by atoms with van der Waals surface area (Å²) in [5, 5.41) is 9.51. The van der Waals surface area contributed by atoms with E-state index in [0.717, 1.165) is 0 Å². The highest BCUT2D eigenvalue weighted by molar-refractivity contribution is 6.29. The van der Waals surface area contributed by atoms with E-state index in [-0.39, 0.29) is 23.9 Å². The molecule has 0 saturated carbocycles. The van der Waals surface area contributed by atoms with Gasteiger partial charge < -0.3 is 9.84 Å². The average molecular weight is 204 g/mol. The molecule has 0 atom stereocenters. The topological polar surface area (TPSA) is 42.4 Å². The molecule has 2 heterocycles. The Balaban J connectivity index is 2.45. The second-order valence-electron chi connectivity index (χ2n) is 2.99. The van der Waals surface area contributed by atoms with Crippen molar-refractivity contribution in [2.75, 3.05) is 13.2 Å². The van der Waals surface area contributed by atoms with Crippen LogP contribution in [-0.2, 0) is 10.3 Å². The summed E-state index contributed by atoms with van der Waals surface area (Å²) in [5.74, 6) is -0.671. The van der Waals surface area contributed by atoms with Gasteiger partial charge in [-0.2, -0.15) is 0 Å². The maximum absolute atomic E-state index is 13.3. The normalized spacial score (nSPS) is 19.6. The lowest BCUT2D eigenvalue weighted by Crippen LogP contribution is -2.47. The van der Waals surface area contributed by atoms with Crippen LogP contribution in [0.2, 0.25) is 5.15 Å². The zero-order chi connectivity index (χ0) is 9.47. The van der Waals surface area contributed by atoms with Crippen LogP contribution < -0.4 is 0 Å². The van der Waals surface area contributed by atoms with E-state index < -0.39 is 11.4 Å². The van der Waals surface area contributed by atoms with Crippen molar-refractivity contribution in [2.24, 2.45) is 0 Å². The molecule has 0 aliphatic carbocycles. The second-order valence-corrected chi connectivity index (χ2v) is 3.35. The highest BCUT2D eigenvalue weighted by Crippen LogP contribution is 2.32. The van der Waals surface area contributed by atoms with Gasteiger partial charge in [0.05, 0.1) is 13.2 Å². The Hall–Kier alpha value is -0.710. The Kier molecular flexibility index (Phi) is 1.98. The van der Waals surface area contributed by atoms with Crippen LogP contribution in [0.5, 0.6) is 0 Å². The third kappa shape index (κ3) is 1.31. The molecule has 3 nitrogen and oxygen atoms in total. The van der Waals surface area contributed by atoms with Crippen molar-refractivity contribution in [3.63, 3.8) is 0 Å². The van der Waals surface area contributed by atoms with E-state index in [1.54, 1.807) is 0 Å². The molecule has 13 heavy (non-hydrogen) atoms. The van der Waals surface area contributed by atoms with E-state index in [4.69, 9.17) is 16.3 Å². The van der Waals surface area contributed by atoms with Crippen LogP contribution in [0.25, 0.3) is 0 Å². The number of ether oxygens (including phenoxy) is 1. The van der Waals surface area contributed by atoms with Crippen molar-refractivity contribution in [1.82, 2.24) is 4.98 Å². The molecule has 1 fully saturated rings. The van der Waals surface area contributed by atoms with Crippen LogP contribution in [0.4, 0.5) is 4.39 Å². The molecule has 0 spiro atoms. The molecule has 1 saturated heterocycles. The molecule has 70 valence electrons. The van der Waals surface area contributed by atoms with E-state index in [9.17, 15) is 9.50 Å². The van der Waals surface area contributed by atoms with Gasteiger partial charge in [0.2, 0.25) is 0 Å². The van der Waals surface area contributed by atoms with E-state index in [1.165, 1.54) is 12.3 Å². The second kappa shape index (κ2) is 2.90. The predicted molar refractivity (Wildman–Crippen MR) is 43.9 cm³/mol. The lowest BCUT2D eigenvalue weighted by molar-refractivity contribution is -0.186. The van der Waals surface area contributed by atoms with Gasteiger partial charge in [-0.25, -0.2) is 9.37 Å². The number of aliphatic hydroxyl groups is 1. The predicted octanol–water partition coefficient (Wildman–Crippen LogP) is 1.09. The monoisotopic (exact) mass is 203 g/mol. The lowest BCUT2D eigenvalue weighted by atomic mass is 9.93. The highest BCUT2D eigenvalue weighted by Gasteiger charge is 2.40. The molecule has 1 aliphatic rings. The summed E-state index contributed by atoms with van der Waals surface area (Å²) >= 11 is 5.46. The van der Waals surface area contributed by atoms with Crippen molar-refractivity contribution < 1.29 is 14.2 Å². The van der Waals surface area contributed by atoms with Gasteiger partial charge in [0.25, 0.3) is 0 Å². The third-order valence-corrected chi connectivity index (χ3v) is 2.29. The number of aromatic nitrogens is 1. The summed E-state index contributed by atoms with van der Waals surface area (Å²) in [6.07, 6.45) is 1.36. The van der Waals surface area contributed by atoms with Crippen molar-refractivity contribution in [2.45, 2.75) is 5.60 Å². The summed E-state index contributed by atoms with van der Waals surface area (Å²) in [7, 11) is 0. The molecule has 0 aromatic carbocycles. The molecule has 1 aliphatic heterocycles. The minimum Gasteiger partial charge on any atom is -0.380 e. The molecule has 0 unspecified atom stereocenters. The Bertz CT molecular complexity index is 341. The van der Waals surface area contributed by atoms with E-state index >= 15 is 0 Å². The quantitative estimate of drug-likeness (QED) is 0.695. The Morgan fingerprint density at radius 3 is 2.85 bits per heavy atom. The average Bonchev–Trinajstić information content (AvgIpc) is 2.06. The largest absolute Gasteiger partial charge is 0.380 e. The van der Waals surface area contributed by atoms with Gasteiger partial charge in [0.15, 0.2) is 11.0 Å². The van der Waals surface area contributed by atoms with Gasteiger partial charge in [-0.05, 0) is 6.07 Å². The standard InChI is InChI=1S/C8H7ClFNO2/c9-7-6(10)5(1-2-11-7)8(12)3-13-4-8/h1-2,12H,3-4H2. The van der Waals surface area contributed by atoms with Gasteiger partial charge in [0, 0.05) is 11.8 Å². The Labute approximate surface area is 79.1 Å². The number of pyridine rings is 1. The molecule has 1 aromatic rings. The first-order valence-corrected chi connectivity index (χ1v) is 4.12. The van der Waals surface area contributed by atoms with Crippen LogP contribution in [0.3, 0.4) is 0 Å². The van der Waals surface area contributed by atoms with Crippen molar-refractivity contribution in [1.29, 1.82) is 0 Å². The smallest absolute Gasteiger partial charge is 0.166 e. The van der Waals surface area contributed by atoms with Crippen molar-refractivity contribution in [3.05, 3.63) is 28.8 Å². The molecule has 1 N–H and O–H groups in total. The molecular weight excluding hydrogens is 197 g/mol. The summed E-state index contributed by atoms with van der Waals surface area (Å²) < 4.78 is 18.1. The van der Waals surface area contributed by atoms with Crippen LogP contribution in [-0.4, -0.2) is 23.3 Å². The fraction of sp³-hybridized carbons (Fsp3) is 0.375. The zero-order valence-electron chi connectivity index (χ0n) is 6.63. The van der Waals surface area contributed by atoms with Crippen molar-refractivity contribution >= 4 is 11.6 Å².